The predicted molar refractivity (Wildman–Crippen MR) is 99.3 cm³/mol. The monoisotopic (exact) mass is 339 g/mol. The first-order valence-corrected chi connectivity index (χ1v) is 8.68. The van der Waals surface area contributed by atoms with Gasteiger partial charge in [0.15, 0.2) is 12.5 Å². The van der Waals surface area contributed by atoms with Gasteiger partial charge in [0, 0.05) is 11.1 Å². The summed E-state index contributed by atoms with van der Waals surface area (Å²) >= 11 is 5.41. The average molecular weight is 339 g/mol. The van der Waals surface area contributed by atoms with Gasteiger partial charge in [0.1, 0.15) is 6.54 Å². The van der Waals surface area contributed by atoms with Crippen LogP contribution in [0, 0.1) is 4.77 Å². The van der Waals surface area contributed by atoms with E-state index >= 15 is 0 Å². The maximum absolute atomic E-state index is 5.41. The third-order valence-electron chi connectivity index (χ3n) is 4.09. The summed E-state index contributed by atoms with van der Waals surface area (Å²) in [6.45, 7) is 3.86. The van der Waals surface area contributed by atoms with Crippen LogP contribution in [0.15, 0.2) is 54.6 Å². The number of aryl methyl sites for hydroxylation is 1. The van der Waals surface area contributed by atoms with E-state index in [0.717, 1.165) is 31.0 Å². The van der Waals surface area contributed by atoms with E-state index < -0.39 is 0 Å². The Morgan fingerprint density at radius 2 is 1.75 bits per heavy atom. The van der Waals surface area contributed by atoms with Crippen molar-refractivity contribution in [3.05, 3.63) is 70.5 Å². The van der Waals surface area contributed by atoms with Crippen molar-refractivity contribution >= 4 is 12.2 Å². The lowest BCUT2D eigenvalue weighted by Crippen LogP contribution is -3.07. The fraction of sp³-hybridized carbons (Fsp3) is 0.263. The van der Waals surface area contributed by atoms with Crippen molar-refractivity contribution < 1.29 is 4.90 Å². The minimum absolute atomic E-state index is 0.594. The Morgan fingerprint density at radius 3 is 2.42 bits per heavy atom. The maximum Gasteiger partial charge on any atom is 0.221 e. The number of rotatable bonds is 6. The van der Waals surface area contributed by atoms with Gasteiger partial charge in [0.2, 0.25) is 4.77 Å². The molecule has 4 nitrogen and oxygen atoms in total. The molecule has 1 heterocycles. The highest BCUT2D eigenvalue weighted by Crippen LogP contribution is 2.15. The molecule has 0 amide bonds. The van der Waals surface area contributed by atoms with Crippen LogP contribution in [0.1, 0.15) is 18.1 Å². The second kappa shape index (κ2) is 7.55. The molecule has 0 aliphatic carbocycles. The maximum atomic E-state index is 5.41. The normalized spacial score (nSPS) is 12.2. The Morgan fingerprint density at radius 1 is 1.04 bits per heavy atom. The molecular formula is C19H23N4S+. The number of quaternary nitrogens is 1. The van der Waals surface area contributed by atoms with Gasteiger partial charge in [-0.15, -0.1) is 0 Å². The number of nitrogens with one attached hydrogen (secondary N) is 2. The number of hydrogen-bond donors (Lipinski definition) is 2. The van der Waals surface area contributed by atoms with E-state index in [1.807, 2.05) is 10.7 Å². The molecule has 2 N–H and O–H groups in total. The molecule has 0 radical (unpaired) electrons. The van der Waals surface area contributed by atoms with Crippen molar-refractivity contribution in [1.82, 2.24) is 14.8 Å². The summed E-state index contributed by atoms with van der Waals surface area (Å²) in [5.41, 5.74) is 3.71. The quantitative estimate of drug-likeness (QED) is 0.678. The van der Waals surface area contributed by atoms with Gasteiger partial charge in [-0.25, -0.2) is 4.68 Å². The molecule has 2 aromatic carbocycles. The zero-order chi connectivity index (χ0) is 16.9. The van der Waals surface area contributed by atoms with E-state index in [-0.39, 0.29) is 0 Å². The zero-order valence-corrected chi connectivity index (χ0v) is 14.9. The summed E-state index contributed by atoms with van der Waals surface area (Å²) in [6, 6.07) is 18.9. The van der Waals surface area contributed by atoms with Crippen LogP contribution in [0.3, 0.4) is 0 Å². The minimum atomic E-state index is 0.594. The summed E-state index contributed by atoms with van der Waals surface area (Å²) in [5.74, 6) is 0.829. The van der Waals surface area contributed by atoms with Gasteiger partial charge >= 0.3 is 0 Å². The molecule has 3 rings (SSSR count). The number of aromatic amines is 1. The highest BCUT2D eigenvalue weighted by atomic mass is 32.1. The molecule has 1 atom stereocenters. The number of hydrogen-bond acceptors (Lipinski definition) is 2. The third-order valence-corrected chi connectivity index (χ3v) is 4.40. The molecule has 0 bridgehead atoms. The highest BCUT2D eigenvalue weighted by Gasteiger charge is 2.09. The van der Waals surface area contributed by atoms with E-state index in [9.17, 15) is 0 Å². The Labute approximate surface area is 147 Å². The summed E-state index contributed by atoms with van der Waals surface area (Å²) in [6.07, 6.45) is 1.04. The first-order chi connectivity index (χ1) is 11.7. The second-order valence-corrected chi connectivity index (χ2v) is 6.48. The number of benzene rings is 2. The molecule has 124 valence electrons. The summed E-state index contributed by atoms with van der Waals surface area (Å²) in [4.78, 5) is 5.85. The molecule has 0 saturated heterocycles. The van der Waals surface area contributed by atoms with Gasteiger partial charge < -0.3 is 4.90 Å². The van der Waals surface area contributed by atoms with Crippen LogP contribution in [-0.4, -0.2) is 21.8 Å². The number of nitrogens with zero attached hydrogens (tertiary/aromatic N) is 2. The molecule has 0 fully saturated rings. The summed E-state index contributed by atoms with van der Waals surface area (Å²) < 4.78 is 2.54. The van der Waals surface area contributed by atoms with Crippen LogP contribution < -0.4 is 4.90 Å². The van der Waals surface area contributed by atoms with E-state index in [1.54, 1.807) is 0 Å². The molecular weight excluding hydrogens is 316 g/mol. The highest BCUT2D eigenvalue weighted by molar-refractivity contribution is 7.71. The van der Waals surface area contributed by atoms with E-state index in [2.05, 4.69) is 72.6 Å². The first-order valence-electron chi connectivity index (χ1n) is 8.27. The lowest BCUT2D eigenvalue weighted by atomic mass is 10.1. The lowest BCUT2D eigenvalue weighted by molar-refractivity contribution is -0.917. The van der Waals surface area contributed by atoms with Crippen LogP contribution >= 0.6 is 12.2 Å². The van der Waals surface area contributed by atoms with E-state index in [4.69, 9.17) is 12.2 Å². The van der Waals surface area contributed by atoms with Gasteiger partial charge in [-0.05, 0) is 24.2 Å². The molecule has 1 aromatic heterocycles. The molecule has 0 aliphatic heterocycles. The van der Waals surface area contributed by atoms with Crippen LogP contribution in [0.25, 0.3) is 11.4 Å². The zero-order valence-electron chi connectivity index (χ0n) is 14.1. The Kier molecular flexibility index (Phi) is 5.23. The SMILES string of the molecule is CCc1ccc(-c2nc(=S)n(C[NH+](C)Cc3ccccc3)[nH]2)cc1. The Bertz CT molecular complexity index is 834. The fourth-order valence-electron chi connectivity index (χ4n) is 2.76. The average Bonchev–Trinajstić information content (AvgIpc) is 2.96. The van der Waals surface area contributed by atoms with Crippen molar-refractivity contribution in [2.75, 3.05) is 7.05 Å². The minimum Gasteiger partial charge on any atom is -0.315 e. The van der Waals surface area contributed by atoms with Gasteiger partial charge in [-0.2, -0.15) is 4.98 Å². The van der Waals surface area contributed by atoms with Crippen LogP contribution in [-0.2, 0) is 19.6 Å². The predicted octanol–water partition coefficient (Wildman–Crippen LogP) is 2.84. The lowest BCUT2D eigenvalue weighted by Gasteiger charge is -2.14. The molecule has 5 heteroatoms. The number of aromatic nitrogens is 3. The molecule has 0 saturated carbocycles. The second-order valence-electron chi connectivity index (χ2n) is 6.11. The molecule has 0 aliphatic rings. The van der Waals surface area contributed by atoms with Gasteiger partial charge in [-0.1, -0.05) is 61.5 Å². The molecule has 1 unspecified atom stereocenters. The van der Waals surface area contributed by atoms with E-state index in [1.165, 1.54) is 16.0 Å². The molecule has 0 spiro atoms. The van der Waals surface area contributed by atoms with Gasteiger partial charge in [-0.3, -0.25) is 5.10 Å². The van der Waals surface area contributed by atoms with Gasteiger partial charge in [0.05, 0.1) is 7.05 Å². The Balaban J connectivity index is 1.72. The Hall–Kier alpha value is -2.24. The smallest absolute Gasteiger partial charge is 0.221 e. The topological polar surface area (TPSA) is 38.0 Å². The van der Waals surface area contributed by atoms with Gasteiger partial charge in [0.25, 0.3) is 0 Å². The first kappa shape index (κ1) is 16.6. The molecule has 3 aromatic rings. The van der Waals surface area contributed by atoms with E-state index in [0.29, 0.717) is 4.77 Å². The van der Waals surface area contributed by atoms with Crippen LogP contribution in [0.2, 0.25) is 0 Å². The number of H-pyrrole nitrogens is 1. The van der Waals surface area contributed by atoms with Crippen molar-refractivity contribution in [2.24, 2.45) is 0 Å². The third kappa shape index (κ3) is 3.99. The fourth-order valence-corrected chi connectivity index (χ4v) is 2.96. The van der Waals surface area contributed by atoms with Crippen molar-refractivity contribution in [1.29, 1.82) is 0 Å². The van der Waals surface area contributed by atoms with Crippen LogP contribution in [0.4, 0.5) is 0 Å². The summed E-state index contributed by atoms with van der Waals surface area (Å²) in [5, 5.41) is 3.33. The summed E-state index contributed by atoms with van der Waals surface area (Å²) in [7, 11) is 2.16. The van der Waals surface area contributed by atoms with Crippen molar-refractivity contribution in [2.45, 2.75) is 26.6 Å². The van der Waals surface area contributed by atoms with Crippen molar-refractivity contribution in [3.63, 3.8) is 0 Å². The molecule has 24 heavy (non-hydrogen) atoms. The van der Waals surface area contributed by atoms with Crippen molar-refractivity contribution in [3.8, 4) is 11.4 Å². The standard InChI is InChI=1S/C19H22N4S/c1-3-15-9-11-17(12-10-15)18-20-19(24)23(21-18)14-22(2)13-16-7-5-4-6-8-16/h4-12H,3,13-14H2,1-2H3,(H,20,21,24)/p+1. The van der Waals surface area contributed by atoms with Crippen LogP contribution in [0.5, 0.6) is 0 Å². The largest absolute Gasteiger partial charge is 0.315 e.